The molecule has 0 saturated carbocycles. The Bertz CT molecular complexity index is 893. The van der Waals surface area contributed by atoms with E-state index >= 15 is 0 Å². The first kappa shape index (κ1) is 21.3. The van der Waals surface area contributed by atoms with Crippen LogP contribution in [0.3, 0.4) is 0 Å². The Hall–Kier alpha value is -3.42. The highest BCUT2D eigenvalue weighted by Gasteiger charge is 2.25. The number of para-hydroxylation sites is 3. The van der Waals surface area contributed by atoms with Crippen molar-refractivity contribution >= 4 is 17.6 Å². The van der Waals surface area contributed by atoms with E-state index in [0.29, 0.717) is 31.9 Å². The average Bonchev–Trinajstić information content (AvgIpc) is 2.81. The SMILES string of the molecule is COc1ccccc1N1CCN(C(=O)COC(=O)c2cccc(OC)c2OC)CC1. The Labute approximate surface area is 175 Å². The summed E-state index contributed by atoms with van der Waals surface area (Å²) in [6.45, 7) is 2.09. The minimum atomic E-state index is -0.633. The van der Waals surface area contributed by atoms with Crippen molar-refractivity contribution in [3.63, 3.8) is 0 Å². The summed E-state index contributed by atoms with van der Waals surface area (Å²) in [6.07, 6.45) is 0. The van der Waals surface area contributed by atoms with E-state index in [9.17, 15) is 9.59 Å². The molecule has 0 radical (unpaired) electrons. The summed E-state index contributed by atoms with van der Waals surface area (Å²) in [7, 11) is 4.58. The van der Waals surface area contributed by atoms with Gasteiger partial charge in [0.2, 0.25) is 0 Å². The van der Waals surface area contributed by atoms with Crippen molar-refractivity contribution in [3.05, 3.63) is 48.0 Å². The maximum Gasteiger partial charge on any atom is 0.342 e. The molecule has 160 valence electrons. The second-order valence-corrected chi connectivity index (χ2v) is 6.66. The van der Waals surface area contributed by atoms with E-state index in [0.717, 1.165) is 11.4 Å². The number of piperazine rings is 1. The van der Waals surface area contributed by atoms with E-state index in [1.54, 1.807) is 30.2 Å². The molecule has 1 heterocycles. The predicted octanol–water partition coefficient (Wildman–Crippen LogP) is 2.22. The number of carbonyl (C=O) groups excluding carboxylic acids is 2. The maximum absolute atomic E-state index is 12.5. The van der Waals surface area contributed by atoms with Crippen molar-refractivity contribution in [1.29, 1.82) is 0 Å². The third-order valence-corrected chi connectivity index (χ3v) is 5.01. The van der Waals surface area contributed by atoms with E-state index in [2.05, 4.69) is 4.90 Å². The fourth-order valence-corrected chi connectivity index (χ4v) is 3.43. The van der Waals surface area contributed by atoms with Crippen LogP contribution in [0.2, 0.25) is 0 Å². The van der Waals surface area contributed by atoms with Gasteiger partial charge in [-0.1, -0.05) is 18.2 Å². The molecule has 1 aliphatic rings. The number of anilines is 1. The number of esters is 1. The Morgan fingerprint density at radius 2 is 1.50 bits per heavy atom. The average molecular weight is 414 g/mol. The highest BCUT2D eigenvalue weighted by molar-refractivity contribution is 5.95. The first-order chi connectivity index (χ1) is 14.6. The number of benzene rings is 2. The van der Waals surface area contributed by atoms with Gasteiger partial charge in [-0.05, 0) is 24.3 Å². The van der Waals surface area contributed by atoms with E-state index in [1.165, 1.54) is 14.2 Å². The van der Waals surface area contributed by atoms with Gasteiger partial charge in [0.25, 0.3) is 5.91 Å². The van der Waals surface area contributed by atoms with Gasteiger partial charge in [0.15, 0.2) is 18.1 Å². The number of methoxy groups -OCH3 is 3. The van der Waals surface area contributed by atoms with Crippen molar-refractivity contribution in [3.8, 4) is 17.2 Å². The zero-order valence-corrected chi connectivity index (χ0v) is 17.4. The number of amides is 1. The van der Waals surface area contributed by atoms with Crippen molar-refractivity contribution in [2.24, 2.45) is 0 Å². The summed E-state index contributed by atoms with van der Waals surface area (Å²) in [4.78, 5) is 28.8. The van der Waals surface area contributed by atoms with Gasteiger partial charge in [0.05, 0.1) is 27.0 Å². The number of ether oxygens (including phenoxy) is 4. The molecule has 30 heavy (non-hydrogen) atoms. The van der Waals surface area contributed by atoms with Gasteiger partial charge in [0, 0.05) is 26.2 Å². The largest absolute Gasteiger partial charge is 0.495 e. The molecule has 1 amide bonds. The summed E-state index contributed by atoms with van der Waals surface area (Å²) in [6, 6.07) is 12.7. The second kappa shape index (κ2) is 9.87. The van der Waals surface area contributed by atoms with E-state index in [1.807, 2.05) is 24.3 Å². The summed E-state index contributed by atoms with van der Waals surface area (Å²) in [5.74, 6) is 0.642. The molecule has 1 saturated heterocycles. The van der Waals surface area contributed by atoms with Gasteiger partial charge in [-0.25, -0.2) is 4.79 Å². The Morgan fingerprint density at radius 1 is 0.833 bits per heavy atom. The summed E-state index contributed by atoms with van der Waals surface area (Å²) in [5, 5.41) is 0. The Kier molecular flexibility index (Phi) is 7.00. The molecular weight excluding hydrogens is 388 g/mol. The first-order valence-corrected chi connectivity index (χ1v) is 9.63. The number of hydrogen-bond acceptors (Lipinski definition) is 7. The molecular formula is C22H26N2O6. The smallest absolute Gasteiger partial charge is 0.342 e. The van der Waals surface area contributed by atoms with Crippen LogP contribution in [0, 0.1) is 0 Å². The highest BCUT2D eigenvalue weighted by Crippen LogP contribution is 2.31. The molecule has 0 bridgehead atoms. The highest BCUT2D eigenvalue weighted by atomic mass is 16.5. The molecule has 3 rings (SSSR count). The topological polar surface area (TPSA) is 77.5 Å². The monoisotopic (exact) mass is 414 g/mol. The van der Waals surface area contributed by atoms with Gasteiger partial charge >= 0.3 is 5.97 Å². The first-order valence-electron chi connectivity index (χ1n) is 9.63. The normalized spacial score (nSPS) is 13.6. The van der Waals surface area contributed by atoms with Crippen LogP contribution in [-0.4, -0.2) is 70.9 Å². The number of carbonyl (C=O) groups is 2. The van der Waals surface area contributed by atoms with Gasteiger partial charge in [-0.3, -0.25) is 4.79 Å². The lowest BCUT2D eigenvalue weighted by Gasteiger charge is -2.36. The summed E-state index contributed by atoms with van der Waals surface area (Å²) >= 11 is 0. The van der Waals surface area contributed by atoms with E-state index in [-0.39, 0.29) is 23.8 Å². The van der Waals surface area contributed by atoms with Gasteiger partial charge in [-0.15, -0.1) is 0 Å². The Balaban J connectivity index is 1.55. The lowest BCUT2D eigenvalue weighted by Crippen LogP contribution is -2.50. The lowest BCUT2D eigenvalue weighted by molar-refractivity contribution is -0.134. The molecule has 8 nitrogen and oxygen atoms in total. The molecule has 1 aliphatic heterocycles. The van der Waals surface area contributed by atoms with Crippen molar-refractivity contribution in [2.75, 3.05) is 59.0 Å². The third kappa shape index (κ3) is 4.59. The standard InChI is InChI=1S/C22H26N2O6/c1-27-18-9-5-4-8-17(18)23-11-13-24(14-12-23)20(25)15-30-22(26)16-7-6-10-19(28-2)21(16)29-3/h4-10H,11-15H2,1-3H3. The van der Waals surface area contributed by atoms with Crippen LogP contribution in [0.4, 0.5) is 5.69 Å². The fraction of sp³-hybridized carbons (Fsp3) is 0.364. The summed E-state index contributed by atoms with van der Waals surface area (Å²) in [5.41, 5.74) is 1.22. The van der Waals surface area contributed by atoms with E-state index in [4.69, 9.17) is 18.9 Å². The van der Waals surface area contributed by atoms with Crippen LogP contribution >= 0.6 is 0 Å². The van der Waals surface area contributed by atoms with E-state index < -0.39 is 5.97 Å². The van der Waals surface area contributed by atoms with Crippen molar-refractivity contribution < 1.29 is 28.5 Å². The molecule has 1 fully saturated rings. The Morgan fingerprint density at radius 3 is 2.17 bits per heavy atom. The van der Waals surface area contributed by atoms with Gasteiger partial charge in [-0.2, -0.15) is 0 Å². The number of nitrogens with zero attached hydrogens (tertiary/aromatic N) is 2. The van der Waals surface area contributed by atoms with Crippen LogP contribution in [0.5, 0.6) is 17.2 Å². The van der Waals surface area contributed by atoms with Crippen LogP contribution in [0.15, 0.2) is 42.5 Å². The van der Waals surface area contributed by atoms with Crippen LogP contribution < -0.4 is 19.1 Å². The van der Waals surface area contributed by atoms with Crippen molar-refractivity contribution in [1.82, 2.24) is 4.90 Å². The van der Waals surface area contributed by atoms with Crippen LogP contribution in [0.1, 0.15) is 10.4 Å². The molecule has 8 heteroatoms. The number of rotatable bonds is 7. The lowest BCUT2D eigenvalue weighted by atomic mass is 10.2. The quantitative estimate of drug-likeness (QED) is 0.643. The summed E-state index contributed by atoms with van der Waals surface area (Å²) < 4.78 is 21.1. The molecule has 0 spiro atoms. The maximum atomic E-state index is 12.5. The zero-order valence-electron chi connectivity index (χ0n) is 17.4. The van der Waals surface area contributed by atoms with Gasteiger partial charge in [0.1, 0.15) is 11.3 Å². The number of hydrogen-bond donors (Lipinski definition) is 0. The van der Waals surface area contributed by atoms with Crippen LogP contribution in [-0.2, 0) is 9.53 Å². The molecule has 0 N–H and O–H groups in total. The molecule has 2 aromatic carbocycles. The van der Waals surface area contributed by atoms with Crippen molar-refractivity contribution in [2.45, 2.75) is 0 Å². The molecule has 0 aromatic heterocycles. The molecule has 0 atom stereocenters. The van der Waals surface area contributed by atoms with Crippen LogP contribution in [0.25, 0.3) is 0 Å². The second-order valence-electron chi connectivity index (χ2n) is 6.66. The van der Waals surface area contributed by atoms with Gasteiger partial charge < -0.3 is 28.7 Å². The third-order valence-electron chi connectivity index (χ3n) is 5.01. The predicted molar refractivity (Wildman–Crippen MR) is 112 cm³/mol. The zero-order chi connectivity index (χ0) is 21.5. The minimum absolute atomic E-state index is 0.214. The fourth-order valence-electron chi connectivity index (χ4n) is 3.43. The molecule has 0 unspecified atom stereocenters. The minimum Gasteiger partial charge on any atom is -0.495 e. The molecule has 0 aliphatic carbocycles. The molecule has 2 aromatic rings.